The summed E-state index contributed by atoms with van der Waals surface area (Å²) in [6.45, 7) is 3.29. The second-order valence-electron chi connectivity index (χ2n) is 4.34. The van der Waals surface area contributed by atoms with E-state index in [1.165, 1.54) is 0 Å². The Kier molecular flexibility index (Phi) is 6.27. The molecule has 1 aliphatic heterocycles. The van der Waals surface area contributed by atoms with Crippen LogP contribution in [0.2, 0.25) is 10.0 Å². The van der Waals surface area contributed by atoms with Gasteiger partial charge in [0.15, 0.2) is 0 Å². The standard InChI is InChI=1S/C11H14Cl3N3O.ClH/c1-5-8(13)9(14)10(16-5)11(18)17-7-2-3-15-4-6(7)12;/h6-7,15-16H,2-4H2,1H3,(H,17,18);1H. The van der Waals surface area contributed by atoms with E-state index in [0.29, 0.717) is 23.0 Å². The van der Waals surface area contributed by atoms with Gasteiger partial charge in [-0.3, -0.25) is 4.79 Å². The van der Waals surface area contributed by atoms with E-state index < -0.39 is 0 Å². The van der Waals surface area contributed by atoms with E-state index in [9.17, 15) is 4.79 Å². The molecule has 1 aromatic rings. The van der Waals surface area contributed by atoms with Gasteiger partial charge in [0.25, 0.3) is 5.91 Å². The monoisotopic (exact) mass is 345 g/mol. The minimum absolute atomic E-state index is 0. The Hall–Kier alpha value is -0.130. The first-order chi connectivity index (χ1) is 8.50. The van der Waals surface area contributed by atoms with Gasteiger partial charge in [-0.1, -0.05) is 23.2 Å². The number of aromatic nitrogens is 1. The summed E-state index contributed by atoms with van der Waals surface area (Å²) in [5.41, 5.74) is 0.973. The van der Waals surface area contributed by atoms with Crippen LogP contribution in [0.15, 0.2) is 0 Å². The first-order valence-electron chi connectivity index (χ1n) is 5.70. The number of amides is 1. The number of aryl methyl sites for hydroxylation is 1. The lowest BCUT2D eigenvalue weighted by molar-refractivity contribution is 0.0926. The smallest absolute Gasteiger partial charge is 0.269 e. The number of aromatic amines is 1. The molecule has 0 spiro atoms. The normalized spacial score (nSPS) is 22.7. The number of piperidine rings is 1. The van der Waals surface area contributed by atoms with Crippen molar-refractivity contribution in [3.05, 3.63) is 21.4 Å². The van der Waals surface area contributed by atoms with Crippen LogP contribution in [0.5, 0.6) is 0 Å². The van der Waals surface area contributed by atoms with Gasteiger partial charge in [-0.2, -0.15) is 0 Å². The topological polar surface area (TPSA) is 56.9 Å². The van der Waals surface area contributed by atoms with E-state index >= 15 is 0 Å². The van der Waals surface area contributed by atoms with Crippen LogP contribution in [-0.4, -0.2) is 35.4 Å². The molecule has 2 heterocycles. The Morgan fingerprint density at radius 3 is 2.58 bits per heavy atom. The number of hydrogen-bond acceptors (Lipinski definition) is 2. The van der Waals surface area contributed by atoms with Crippen molar-refractivity contribution in [3.63, 3.8) is 0 Å². The molecule has 0 aliphatic carbocycles. The average molecular weight is 347 g/mol. The van der Waals surface area contributed by atoms with Gasteiger partial charge in [0, 0.05) is 18.3 Å². The molecular weight excluding hydrogens is 332 g/mol. The number of carbonyl (C=O) groups is 1. The molecule has 8 heteroatoms. The molecular formula is C11H15Cl4N3O. The molecule has 108 valence electrons. The zero-order chi connectivity index (χ0) is 13.3. The van der Waals surface area contributed by atoms with E-state index in [1.54, 1.807) is 6.92 Å². The van der Waals surface area contributed by atoms with E-state index in [4.69, 9.17) is 34.8 Å². The summed E-state index contributed by atoms with van der Waals surface area (Å²) in [4.78, 5) is 15.0. The zero-order valence-corrected chi connectivity index (χ0v) is 13.3. The zero-order valence-electron chi connectivity index (χ0n) is 10.2. The van der Waals surface area contributed by atoms with Gasteiger partial charge in [0.05, 0.1) is 15.4 Å². The van der Waals surface area contributed by atoms with Crippen molar-refractivity contribution in [2.45, 2.75) is 24.8 Å². The summed E-state index contributed by atoms with van der Waals surface area (Å²) in [7, 11) is 0. The fourth-order valence-electron chi connectivity index (χ4n) is 1.95. The van der Waals surface area contributed by atoms with Crippen LogP contribution in [0.4, 0.5) is 0 Å². The van der Waals surface area contributed by atoms with Crippen molar-refractivity contribution in [1.82, 2.24) is 15.6 Å². The lowest BCUT2D eigenvalue weighted by Gasteiger charge is -2.28. The summed E-state index contributed by atoms with van der Waals surface area (Å²) >= 11 is 18.1. The Labute approximate surface area is 133 Å². The van der Waals surface area contributed by atoms with Gasteiger partial charge in [-0.25, -0.2) is 0 Å². The molecule has 1 amide bonds. The SMILES string of the molecule is Cc1[nH]c(C(=O)NC2CCNCC2Cl)c(Cl)c1Cl.Cl. The molecule has 19 heavy (non-hydrogen) atoms. The van der Waals surface area contributed by atoms with Crippen LogP contribution >= 0.6 is 47.2 Å². The summed E-state index contributed by atoms with van der Waals surface area (Å²) in [5, 5.41) is 6.57. The van der Waals surface area contributed by atoms with Crippen molar-refractivity contribution < 1.29 is 4.79 Å². The van der Waals surface area contributed by atoms with Crippen LogP contribution in [0.1, 0.15) is 22.6 Å². The summed E-state index contributed by atoms with van der Waals surface area (Å²) in [6, 6.07) is -0.0566. The molecule has 1 saturated heterocycles. The van der Waals surface area contributed by atoms with Gasteiger partial charge < -0.3 is 15.6 Å². The molecule has 1 aromatic heterocycles. The van der Waals surface area contributed by atoms with E-state index in [2.05, 4.69) is 15.6 Å². The summed E-state index contributed by atoms with van der Waals surface area (Å²) in [5.74, 6) is -0.271. The van der Waals surface area contributed by atoms with Crippen LogP contribution in [0, 0.1) is 6.92 Å². The highest BCUT2D eigenvalue weighted by atomic mass is 35.5. The van der Waals surface area contributed by atoms with Crippen LogP contribution in [-0.2, 0) is 0 Å². The maximum Gasteiger partial charge on any atom is 0.269 e. The minimum atomic E-state index is -0.271. The number of hydrogen-bond donors (Lipinski definition) is 3. The highest BCUT2D eigenvalue weighted by molar-refractivity contribution is 6.44. The van der Waals surface area contributed by atoms with Crippen molar-refractivity contribution in [1.29, 1.82) is 0 Å². The maximum absolute atomic E-state index is 12.1. The molecule has 1 fully saturated rings. The molecule has 1 aliphatic rings. The highest BCUT2D eigenvalue weighted by Gasteiger charge is 2.26. The first-order valence-corrected chi connectivity index (χ1v) is 6.89. The fraction of sp³-hybridized carbons (Fsp3) is 0.545. The largest absolute Gasteiger partial charge is 0.352 e. The maximum atomic E-state index is 12.1. The van der Waals surface area contributed by atoms with Crippen molar-refractivity contribution in [3.8, 4) is 0 Å². The van der Waals surface area contributed by atoms with Crippen molar-refractivity contribution in [2.24, 2.45) is 0 Å². The number of H-pyrrole nitrogens is 1. The van der Waals surface area contributed by atoms with Crippen molar-refractivity contribution in [2.75, 3.05) is 13.1 Å². The Balaban J connectivity index is 0.00000180. The third kappa shape index (κ3) is 3.70. The molecule has 3 N–H and O–H groups in total. The molecule has 0 saturated carbocycles. The number of nitrogens with one attached hydrogen (secondary N) is 3. The van der Waals surface area contributed by atoms with Gasteiger partial charge in [0.1, 0.15) is 5.69 Å². The van der Waals surface area contributed by atoms with Gasteiger partial charge in [0.2, 0.25) is 0 Å². The van der Waals surface area contributed by atoms with E-state index in [0.717, 1.165) is 13.0 Å². The predicted octanol–water partition coefficient (Wildman–Crippen LogP) is 2.75. The van der Waals surface area contributed by atoms with Crippen LogP contribution in [0.3, 0.4) is 0 Å². The van der Waals surface area contributed by atoms with Crippen LogP contribution in [0.25, 0.3) is 0 Å². The van der Waals surface area contributed by atoms with Gasteiger partial charge in [-0.05, 0) is 19.9 Å². The summed E-state index contributed by atoms with van der Waals surface area (Å²) in [6.07, 6.45) is 0.797. The first kappa shape index (κ1) is 16.9. The molecule has 0 aromatic carbocycles. The van der Waals surface area contributed by atoms with E-state index in [1.807, 2.05) is 0 Å². The number of halogens is 4. The molecule has 2 unspecified atom stereocenters. The number of carbonyl (C=O) groups excluding carboxylic acids is 1. The number of alkyl halides is 1. The number of rotatable bonds is 2. The van der Waals surface area contributed by atoms with Crippen molar-refractivity contribution >= 4 is 53.1 Å². The van der Waals surface area contributed by atoms with Gasteiger partial charge in [-0.15, -0.1) is 24.0 Å². The Morgan fingerprint density at radius 1 is 1.37 bits per heavy atom. The lowest BCUT2D eigenvalue weighted by atomic mass is 10.1. The van der Waals surface area contributed by atoms with Gasteiger partial charge >= 0.3 is 0 Å². The third-order valence-electron chi connectivity index (χ3n) is 3.01. The summed E-state index contributed by atoms with van der Waals surface area (Å²) < 4.78 is 0. The average Bonchev–Trinajstić information content (AvgIpc) is 2.60. The Morgan fingerprint density at radius 2 is 2.05 bits per heavy atom. The van der Waals surface area contributed by atoms with E-state index in [-0.39, 0.29) is 34.8 Å². The minimum Gasteiger partial charge on any atom is -0.352 e. The predicted molar refractivity (Wildman–Crippen MR) is 81.2 cm³/mol. The quantitative estimate of drug-likeness (QED) is 0.721. The lowest BCUT2D eigenvalue weighted by Crippen LogP contribution is -2.50. The Bertz CT molecular complexity index is 463. The molecule has 2 atom stereocenters. The highest BCUT2D eigenvalue weighted by Crippen LogP contribution is 2.29. The third-order valence-corrected chi connectivity index (χ3v) is 4.41. The van der Waals surface area contributed by atoms with Crippen LogP contribution < -0.4 is 10.6 Å². The second kappa shape index (κ2) is 7.04. The molecule has 4 nitrogen and oxygen atoms in total. The molecule has 0 radical (unpaired) electrons. The molecule has 2 rings (SSSR count). The second-order valence-corrected chi connectivity index (χ2v) is 5.66. The fourth-order valence-corrected chi connectivity index (χ4v) is 2.67. The molecule has 0 bridgehead atoms.